The summed E-state index contributed by atoms with van der Waals surface area (Å²) in [7, 11) is -3.95. The van der Waals surface area contributed by atoms with Crippen molar-refractivity contribution in [3.8, 4) is 0 Å². The van der Waals surface area contributed by atoms with Crippen LogP contribution in [0.5, 0.6) is 0 Å². The number of anilines is 1. The zero-order valence-corrected chi connectivity index (χ0v) is 21.2. The highest BCUT2D eigenvalue weighted by atomic mass is 35.5. The zero-order valence-electron chi connectivity index (χ0n) is 19.7. The van der Waals surface area contributed by atoms with E-state index in [1.807, 2.05) is 6.92 Å². The Balaban J connectivity index is 1.53. The predicted molar refractivity (Wildman–Crippen MR) is 139 cm³/mol. The maximum atomic E-state index is 13.9. The average Bonchev–Trinajstić information content (AvgIpc) is 3.47. The van der Waals surface area contributed by atoms with Gasteiger partial charge in [0.15, 0.2) is 0 Å². The number of sulfonamides is 1. The van der Waals surface area contributed by atoms with Gasteiger partial charge in [-0.25, -0.2) is 8.42 Å². The van der Waals surface area contributed by atoms with Crippen LogP contribution in [0.1, 0.15) is 47.2 Å². The van der Waals surface area contributed by atoms with Crippen LogP contribution in [0.3, 0.4) is 0 Å². The Labute approximate surface area is 212 Å². The summed E-state index contributed by atoms with van der Waals surface area (Å²) in [5.41, 5.74) is 2.47. The Morgan fingerprint density at radius 2 is 1.69 bits per heavy atom. The first-order valence-corrected chi connectivity index (χ1v) is 13.9. The number of hydrogen-bond acceptors (Lipinski definition) is 3. The molecule has 0 heterocycles. The van der Waals surface area contributed by atoms with Crippen molar-refractivity contribution in [2.24, 2.45) is 11.8 Å². The molecule has 0 spiro atoms. The van der Waals surface area contributed by atoms with E-state index in [1.54, 1.807) is 72.8 Å². The third-order valence-electron chi connectivity index (χ3n) is 7.32. The van der Waals surface area contributed by atoms with Crippen LogP contribution >= 0.6 is 11.6 Å². The maximum absolute atomic E-state index is 13.9. The van der Waals surface area contributed by atoms with Crippen LogP contribution in [-0.2, 0) is 16.6 Å². The van der Waals surface area contributed by atoms with Crippen molar-refractivity contribution in [2.75, 3.05) is 4.31 Å². The third kappa shape index (κ3) is 4.95. The minimum absolute atomic E-state index is 0.0752. The van der Waals surface area contributed by atoms with Gasteiger partial charge in [-0.05, 0) is 80.0 Å². The molecule has 3 atom stereocenters. The highest BCUT2D eigenvalue weighted by Crippen LogP contribution is 2.44. The molecule has 2 aliphatic rings. The molecule has 0 radical (unpaired) electrons. The number of nitrogens with zero attached hydrogens (tertiary/aromatic N) is 1. The van der Waals surface area contributed by atoms with Crippen LogP contribution in [-0.4, -0.2) is 20.4 Å². The van der Waals surface area contributed by atoms with E-state index in [-0.39, 0.29) is 23.4 Å². The lowest BCUT2D eigenvalue weighted by atomic mass is 9.95. The molecule has 5 rings (SSSR count). The van der Waals surface area contributed by atoms with Crippen molar-refractivity contribution >= 4 is 33.2 Å². The largest absolute Gasteiger partial charge is 0.349 e. The lowest BCUT2D eigenvalue weighted by Crippen LogP contribution is -2.40. The van der Waals surface area contributed by atoms with Gasteiger partial charge in [-0.1, -0.05) is 60.0 Å². The number of carbonyl (C=O) groups is 1. The van der Waals surface area contributed by atoms with Crippen molar-refractivity contribution in [1.82, 2.24) is 5.32 Å². The average molecular weight is 509 g/mol. The van der Waals surface area contributed by atoms with Crippen molar-refractivity contribution in [3.05, 3.63) is 94.5 Å². The van der Waals surface area contributed by atoms with Gasteiger partial charge < -0.3 is 5.32 Å². The normalized spacial score (nSPS) is 21.1. The number of hydrogen-bond donors (Lipinski definition) is 1. The van der Waals surface area contributed by atoms with Crippen LogP contribution in [0.15, 0.2) is 77.7 Å². The molecule has 2 aliphatic carbocycles. The van der Waals surface area contributed by atoms with Gasteiger partial charge in [0, 0.05) is 11.1 Å². The summed E-state index contributed by atoms with van der Waals surface area (Å²) in [6.45, 7) is 1.99. The minimum atomic E-state index is -3.95. The van der Waals surface area contributed by atoms with E-state index in [2.05, 4.69) is 5.32 Å². The second kappa shape index (κ2) is 9.67. The summed E-state index contributed by atoms with van der Waals surface area (Å²) < 4.78 is 29.1. The molecule has 5 nitrogen and oxygen atoms in total. The van der Waals surface area contributed by atoms with E-state index in [1.165, 1.54) is 17.1 Å². The lowest BCUT2D eigenvalue weighted by Gasteiger charge is -2.28. The second-order valence-corrected chi connectivity index (χ2v) is 12.0. The molecule has 2 fully saturated rings. The number of aryl methyl sites for hydroxylation is 1. The number of rotatable bonds is 7. The molecule has 0 aliphatic heterocycles. The number of fused-ring (bicyclic) bond motifs is 2. The monoisotopic (exact) mass is 508 g/mol. The molecule has 1 N–H and O–H groups in total. The van der Waals surface area contributed by atoms with E-state index < -0.39 is 10.0 Å². The first-order valence-electron chi connectivity index (χ1n) is 12.0. The summed E-state index contributed by atoms with van der Waals surface area (Å²) in [6.07, 6.45) is 4.59. The number of para-hydroxylation sites is 1. The first kappa shape index (κ1) is 23.9. The molecule has 7 heteroatoms. The maximum Gasteiger partial charge on any atom is 0.264 e. The molecule has 182 valence electrons. The molecule has 35 heavy (non-hydrogen) atoms. The van der Waals surface area contributed by atoms with Crippen molar-refractivity contribution in [1.29, 1.82) is 0 Å². The summed E-state index contributed by atoms with van der Waals surface area (Å²) >= 11 is 6.06. The minimum Gasteiger partial charge on any atom is -0.349 e. The van der Waals surface area contributed by atoms with Crippen molar-refractivity contribution in [3.63, 3.8) is 0 Å². The van der Waals surface area contributed by atoms with E-state index >= 15 is 0 Å². The Kier molecular flexibility index (Phi) is 6.60. The standard InChI is InChI=1S/C28H29ClN2O3S/c1-19-6-14-24(15-7-19)35(33,34)31(18-20-9-12-23(29)13-10-20)27-5-3-2-4-25(27)28(32)30-26-17-21-8-11-22(26)16-21/h2-7,9-10,12-15,21-22,26H,8,11,16-18H2,1H3,(H,30,32)/t21-,22-,26+/m0/s1. The Hall–Kier alpha value is -2.83. The number of halogens is 1. The number of benzene rings is 3. The molecule has 0 unspecified atom stereocenters. The summed E-state index contributed by atoms with van der Waals surface area (Å²) in [6, 6.07) is 21.0. The van der Waals surface area contributed by atoms with Gasteiger partial charge in [-0.2, -0.15) is 0 Å². The topological polar surface area (TPSA) is 66.5 Å². The quantitative estimate of drug-likeness (QED) is 0.428. The van der Waals surface area contributed by atoms with Crippen molar-refractivity contribution < 1.29 is 13.2 Å². The number of nitrogens with one attached hydrogen (secondary N) is 1. The first-order chi connectivity index (χ1) is 16.8. The molecular weight excluding hydrogens is 480 g/mol. The van der Waals surface area contributed by atoms with Crippen LogP contribution in [0.4, 0.5) is 5.69 Å². The number of amides is 1. The molecule has 2 saturated carbocycles. The second-order valence-electron chi connectivity index (χ2n) is 9.72. The van der Waals surface area contributed by atoms with Gasteiger partial charge in [-0.3, -0.25) is 9.10 Å². The molecule has 3 aromatic carbocycles. The van der Waals surface area contributed by atoms with Crippen LogP contribution < -0.4 is 9.62 Å². The fourth-order valence-electron chi connectivity index (χ4n) is 5.44. The van der Waals surface area contributed by atoms with Crippen LogP contribution in [0.2, 0.25) is 5.02 Å². The zero-order chi connectivity index (χ0) is 24.6. The summed E-state index contributed by atoms with van der Waals surface area (Å²) in [4.78, 5) is 13.6. The molecule has 1 amide bonds. The van der Waals surface area contributed by atoms with E-state index in [4.69, 9.17) is 11.6 Å². The van der Waals surface area contributed by atoms with Gasteiger partial charge in [0.05, 0.1) is 22.7 Å². The lowest BCUT2D eigenvalue weighted by molar-refractivity contribution is 0.0923. The van der Waals surface area contributed by atoms with Crippen LogP contribution in [0, 0.1) is 18.8 Å². The van der Waals surface area contributed by atoms with Gasteiger partial charge in [0.1, 0.15) is 0 Å². The molecular formula is C28H29ClN2O3S. The summed E-state index contributed by atoms with van der Waals surface area (Å²) in [5, 5.41) is 3.79. The fourth-order valence-corrected chi connectivity index (χ4v) is 7.04. The predicted octanol–water partition coefficient (Wildman–Crippen LogP) is 5.96. The Morgan fingerprint density at radius 1 is 0.971 bits per heavy atom. The van der Waals surface area contributed by atoms with Gasteiger partial charge in [0.25, 0.3) is 15.9 Å². The molecule has 3 aromatic rings. The molecule has 2 bridgehead atoms. The Bertz CT molecular complexity index is 1320. The van der Waals surface area contributed by atoms with Crippen LogP contribution in [0.25, 0.3) is 0 Å². The van der Waals surface area contributed by atoms with E-state index in [0.717, 1.165) is 24.0 Å². The van der Waals surface area contributed by atoms with Gasteiger partial charge in [-0.15, -0.1) is 0 Å². The van der Waals surface area contributed by atoms with E-state index in [0.29, 0.717) is 28.1 Å². The SMILES string of the molecule is Cc1ccc(S(=O)(=O)N(Cc2ccc(Cl)cc2)c2ccccc2C(=O)N[C@@H]2C[C@H]3CC[C@H]2C3)cc1. The number of carbonyl (C=O) groups excluding carboxylic acids is 1. The third-order valence-corrected chi connectivity index (χ3v) is 9.35. The van der Waals surface area contributed by atoms with Gasteiger partial charge in [0.2, 0.25) is 0 Å². The van der Waals surface area contributed by atoms with Crippen molar-refractivity contribution in [2.45, 2.75) is 50.1 Å². The highest BCUT2D eigenvalue weighted by molar-refractivity contribution is 7.92. The smallest absolute Gasteiger partial charge is 0.264 e. The molecule has 0 aromatic heterocycles. The highest BCUT2D eigenvalue weighted by Gasteiger charge is 2.40. The summed E-state index contributed by atoms with van der Waals surface area (Å²) in [5.74, 6) is 1.000. The fraction of sp³-hybridized carbons (Fsp3) is 0.321. The van der Waals surface area contributed by atoms with Gasteiger partial charge >= 0.3 is 0 Å². The molecule has 0 saturated heterocycles. The Morgan fingerprint density at radius 3 is 2.34 bits per heavy atom. The van der Waals surface area contributed by atoms with E-state index in [9.17, 15) is 13.2 Å².